The number of aliphatic hydroxyl groups is 2. The first-order valence-electron chi connectivity index (χ1n) is 7.79. The first-order chi connectivity index (χ1) is 9.97. The van der Waals surface area contributed by atoms with Crippen LogP contribution in [0.4, 0.5) is 0 Å². The Labute approximate surface area is 125 Å². The third kappa shape index (κ3) is 2.83. The van der Waals surface area contributed by atoms with Crippen LogP contribution in [0.3, 0.4) is 0 Å². The van der Waals surface area contributed by atoms with Crippen molar-refractivity contribution in [3.8, 4) is 0 Å². The fraction of sp³-hybridized carbons (Fsp3) is 0.588. The molecule has 0 radical (unpaired) electrons. The van der Waals surface area contributed by atoms with Crippen molar-refractivity contribution in [3.05, 3.63) is 34.9 Å². The number of hydrogen-bond donors (Lipinski definition) is 2. The van der Waals surface area contributed by atoms with E-state index in [2.05, 4.69) is 6.07 Å². The van der Waals surface area contributed by atoms with Crippen LogP contribution in [0.2, 0.25) is 0 Å². The molecule has 3 rings (SSSR count). The van der Waals surface area contributed by atoms with Crippen molar-refractivity contribution in [2.75, 3.05) is 13.1 Å². The molecule has 0 aromatic heterocycles. The van der Waals surface area contributed by atoms with E-state index in [1.807, 2.05) is 12.1 Å². The van der Waals surface area contributed by atoms with Crippen LogP contribution in [0.15, 0.2) is 18.2 Å². The van der Waals surface area contributed by atoms with Crippen molar-refractivity contribution in [2.45, 2.75) is 50.7 Å². The van der Waals surface area contributed by atoms with E-state index in [1.54, 1.807) is 11.8 Å². The van der Waals surface area contributed by atoms with Crippen LogP contribution in [0.25, 0.3) is 0 Å². The van der Waals surface area contributed by atoms with Gasteiger partial charge < -0.3 is 15.1 Å². The molecule has 1 fully saturated rings. The van der Waals surface area contributed by atoms with Gasteiger partial charge in [0, 0.05) is 18.7 Å². The van der Waals surface area contributed by atoms with Gasteiger partial charge in [0.2, 0.25) is 0 Å². The molecule has 21 heavy (non-hydrogen) atoms. The lowest BCUT2D eigenvalue weighted by Gasteiger charge is -2.40. The third-order valence-electron chi connectivity index (χ3n) is 4.88. The minimum Gasteiger partial charge on any atom is -0.388 e. The fourth-order valence-electron chi connectivity index (χ4n) is 3.26. The van der Waals surface area contributed by atoms with E-state index in [4.69, 9.17) is 0 Å². The minimum atomic E-state index is -1.09. The average molecular weight is 289 g/mol. The summed E-state index contributed by atoms with van der Waals surface area (Å²) in [6, 6.07) is 5.97. The molecule has 0 spiro atoms. The van der Waals surface area contributed by atoms with Gasteiger partial charge in [0.05, 0.1) is 11.7 Å². The molecule has 4 nitrogen and oxygen atoms in total. The largest absolute Gasteiger partial charge is 0.388 e. The number of carbonyl (C=O) groups is 1. The summed E-state index contributed by atoms with van der Waals surface area (Å²) in [6.07, 6.45) is 4.10. The van der Waals surface area contributed by atoms with Crippen LogP contribution in [-0.4, -0.2) is 45.8 Å². The summed E-state index contributed by atoms with van der Waals surface area (Å²) < 4.78 is 0. The maximum absolute atomic E-state index is 12.6. The molecule has 1 heterocycles. The lowest BCUT2D eigenvalue weighted by atomic mass is 9.89. The number of benzene rings is 1. The van der Waals surface area contributed by atoms with Gasteiger partial charge >= 0.3 is 0 Å². The van der Waals surface area contributed by atoms with E-state index in [9.17, 15) is 15.0 Å². The molecule has 114 valence electrons. The van der Waals surface area contributed by atoms with Crippen molar-refractivity contribution in [1.82, 2.24) is 4.90 Å². The number of fused-ring (bicyclic) bond motifs is 1. The van der Waals surface area contributed by atoms with Gasteiger partial charge in [-0.1, -0.05) is 6.07 Å². The Morgan fingerprint density at radius 1 is 1.29 bits per heavy atom. The van der Waals surface area contributed by atoms with Crippen LogP contribution in [0, 0.1) is 0 Å². The standard InChI is InChI=1S/C17H23NO3/c1-17(21)8-9-18(11-15(17)19)16(20)14-7-6-12-4-2-3-5-13(12)10-14/h6-7,10,15,19,21H,2-5,8-9,11H2,1H3/t15-,17-/m1/s1. The quantitative estimate of drug-likeness (QED) is 0.824. The molecule has 1 amide bonds. The summed E-state index contributed by atoms with van der Waals surface area (Å²) >= 11 is 0. The Bertz CT molecular complexity index is 553. The lowest BCUT2D eigenvalue weighted by molar-refractivity contribution is -0.0999. The van der Waals surface area contributed by atoms with Crippen molar-refractivity contribution in [1.29, 1.82) is 0 Å². The second-order valence-corrected chi connectivity index (χ2v) is 6.56. The molecular weight excluding hydrogens is 266 g/mol. The van der Waals surface area contributed by atoms with Gasteiger partial charge in [0.25, 0.3) is 5.91 Å². The van der Waals surface area contributed by atoms with Crippen molar-refractivity contribution >= 4 is 5.91 Å². The van der Waals surface area contributed by atoms with Crippen molar-refractivity contribution in [3.63, 3.8) is 0 Å². The molecule has 1 aliphatic heterocycles. The zero-order valence-corrected chi connectivity index (χ0v) is 12.5. The summed E-state index contributed by atoms with van der Waals surface area (Å²) in [5, 5.41) is 19.9. The highest BCUT2D eigenvalue weighted by Crippen LogP contribution is 2.25. The number of carbonyl (C=O) groups excluding carboxylic acids is 1. The molecule has 4 heteroatoms. The predicted octanol–water partition coefficient (Wildman–Crippen LogP) is 1.52. The monoisotopic (exact) mass is 289 g/mol. The molecule has 0 unspecified atom stereocenters. The van der Waals surface area contributed by atoms with Crippen LogP contribution >= 0.6 is 0 Å². The Morgan fingerprint density at radius 2 is 2.00 bits per heavy atom. The van der Waals surface area contributed by atoms with Crippen molar-refractivity contribution < 1.29 is 15.0 Å². The van der Waals surface area contributed by atoms with E-state index >= 15 is 0 Å². The highest BCUT2D eigenvalue weighted by Gasteiger charge is 2.38. The van der Waals surface area contributed by atoms with Gasteiger partial charge in [0.1, 0.15) is 0 Å². The molecule has 1 saturated heterocycles. The Kier molecular flexibility index (Phi) is 3.76. The Hall–Kier alpha value is -1.39. The number of likely N-dealkylation sites (tertiary alicyclic amines) is 1. The summed E-state index contributed by atoms with van der Waals surface area (Å²) in [7, 11) is 0. The van der Waals surface area contributed by atoms with Crippen LogP contribution < -0.4 is 0 Å². The second-order valence-electron chi connectivity index (χ2n) is 6.56. The van der Waals surface area contributed by atoms with Gasteiger partial charge in [-0.05, 0) is 62.3 Å². The number of nitrogens with zero attached hydrogens (tertiary/aromatic N) is 1. The summed E-state index contributed by atoms with van der Waals surface area (Å²) in [5.41, 5.74) is 2.26. The number of hydrogen-bond acceptors (Lipinski definition) is 3. The lowest BCUT2D eigenvalue weighted by Crippen LogP contribution is -2.55. The smallest absolute Gasteiger partial charge is 0.253 e. The van der Waals surface area contributed by atoms with Crippen LogP contribution in [-0.2, 0) is 12.8 Å². The van der Waals surface area contributed by atoms with E-state index < -0.39 is 11.7 Å². The number of amides is 1. The topological polar surface area (TPSA) is 60.8 Å². The normalized spacial score (nSPS) is 29.1. The molecule has 0 saturated carbocycles. The van der Waals surface area contributed by atoms with Crippen LogP contribution in [0.5, 0.6) is 0 Å². The SMILES string of the molecule is C[C@@]1(O)CCN(C(=O)c2ccc3c(c2)CCCC3)C[C@H]1O. The van der Waals surface area contributed by atoms with E-state index in [0.29, 0.717) is 18.5 Å². The number of piperidine rings is 1. The van der Waals surface area contributed by atoms with E-state index in [-0.39, 0.29) is 12.5 Å². The molecule has 2 N–H and O–H groups in total. The maximum atomic E-state index is 12.6. The van der Waals surface area contributed by atoms with Gasteiger partial charge in [-0.15, -0.1) is 0 Å². The number of aryl methyl sites for hydroxylation is 2. The second kappa shape index (κ2) is 5.43. The molecular formula is C17H23NO3. The average Bonchev–Trinajstić information content (AvgIpc) is 2.49. The van der Waals surface area contributed by atoms with Crippen molar-refractivity contribution in [2.24, 2.45) is 0 Å². The summed E-state index contributed by atoms with van der Waals surface area (Å²) in [5.74, 6) is -0.0436. The predicted molar refractivity (Wildman–Crippen MR) is 80.2 cm³/mol. The van der Waals surface area contributed by atoms with Crippen LogP contribution in [0.1, 0.15) is 47.7 Å². The zero-order chi connectivity index (χ0) is 15.0. The zero-order valence-electron chi connectivity index (χ0n) is 12.5. The Morgan fingerprint density at radius 3 is 2.71 bits per heavy atom. The molecule has 1 aromatic carbocycles. The molecule has 1 aliphatic carbocycles. The molecule has 2 atom stereocenters. The summed E-state index contributed by atoms with van der Waals surface area (Å²) in [4.78, 5) is 14.2. The first kappa shape index (κ1) is 14.5. The number of β-amino-alcohol motifs (C(OH)–C–C–N with tert-alkyl or cyclic N) is 1. The highest BCUT2D eigenvalue weighted by molar-refractivity contribution is 5.94. The molecule has 0 bridgehead atoms. The van der Waals surface area contributed by atoms with Gasteiger partial charge in [-0.3, -0.25) is 4.79 Å². The number of rotatable bonds is 1. The fourth-order valence-corrected chi connectivity index (χ4v) is 3.26. The van der Waals surface area contributed by atoms with Gasteiger partial charge in [-0.2, -0.15) is 0 Å². The third-order valence-corrected chi connectivity index (χ3v) is 4.88. The maximum Gasteiger partial charge on any atom is 0.253 e. The van der Waals surface area contributed by atoms with Gasteiger partial charge in [0.15, 0.2) is 0 Å². The van der Waals surface area contributed by atoms with Gasteiger partial charge in [-0.25, -0.2) is 0 Å². The number of aliphatic hydroxyl groups excluding tert-OH is 1. The molecule has 2 aliphatic rings. The van der Waals surface area contributed by atoms with E-state index in [1.165, 1.54) is 24.0 Å². The highest BCUT2D eigenvalue weighted by atomic mass is 16.3. The Balaban J connectivity index is 1.77. The minimum absolute atomic E-state index is 0.0436. The molecule has 1 aromatic rings. The van der Waals surface area contributed by atoms with E-state index in [0.717, 1.165) is 12.8 Å². The first-order valence-corrected chi connectivity index (χ1v) is 7.79. The summed E-state index contributed by atoms with van der Waals surface area (Å²) in [6.45, 7) is 2.31.